The molecule has 0 unspecified atom stereocenters. The Morgan fingerprint density at radius 1 is 1.12 bits per heavy atom. The van der Waals surface area contributed by atoms with Crippen LogP contribution in [-0.4, -0.2) is 29.2 Å². The molecule has 126 valence electrons. The van der Waals surface area contributed by atoms with Crippen LogP contribution < -0.4 is 5.32 Å². The number of carbonyl (C=O) groups excluding carboxylic acids is 3. The van der Waals surface area contributed by atoms with Crippen molar-refractivity contribution in [1.82, 2.24) is 4.90 Å². The van der Waals surface area contributed by atoms with Gasteiger partial charge in [-0.05, 0) is 30.9 Å². The fourth-order valence-electron chi connectivity index (χ4n) is 3.47. The lowest BCUT2D eigenvalue weighted by atomic mass is 9.85. The Bertz CT molecular complexity index is 670. The summed E-state index contributed by atoms with van der Waals surface area (Å²) in [5, 5.41) is 2.88. The molecule has 0 radical (unpaired) electrons. The summed E-state index contributed by atoms with van der Waals surface area (Å²) in [4.78, 5) is 38.2. The van der Waals surface area contributed by atoms with E-state index in [1.54, 1.807) is 0 Å². The molecular formula is C19H22N2O3. The van der Waals surface area contributed by atoms with Crippen LogP contribution in [0.2, 0.25) is 0 Å². The Morgan fingerprint density at radius 2 is 1.75 bits per heavy atom. The van der Waals surface area contributed by atoms with Crippen LogP contribution in [0.1, 0.15) is 31.7 Å². The minimum atomic E-state index is -0.230. The van der Waals surface area contributed by atoms with Crippen molar-refractivity contribution in [1.29, 1.82) is 0 Å². The highest BCUT2D eigenvalue weighted by atomic mass is 16.2. The lowest BCUT2D eigenvalue weighted by Crippen LogP contribution is -2.34. The Kier molecular flexibility index (Phi) is 4.79. The molecule has 3 rings (SSSR count). The number of anilines is 1. The summed E-state index contributed by atoms with van der Waals surface area (Å²) in [5.41, 5.74) is 1.86. The van der Waals surface area contributed by atoms with Crippen LogP contribution in [0.5, 0.6) is 0 Å². The molecule has 1 aromatic carbocycles. The Morgan fingerprint density at radius 3 is 2.38 bits per heavy atom. The summed E-state index contributed by atoms with van der Waals surface area (Å²) < 4.78 is 0. The monoisotopic (exact) mass is 326 g/mol. The lowest BCUT2D eigenvalue weighted by Gasteiger charge is -2.15. The molecule has 0 spiro atoms. The van der Waals surface area contributed by atoms with Gasteiger partial charge in [0.05, 0.1) is 11.8 Å². The number of aryl methyl sites for hydroxylation is 1. The highest BCUT2D eigenvalue weighted by molar-refractivity contribution is 6.05. The number of hydrogen-bond donors (Lipinski definition) is 1. The minimum Gasteiger partial charge on any atom is -0.326 e. The zero-order valence-corrected chi connectivity index (χ0v) is 13.8. The number of imide groups is 1. The van der Waals surface area contributed by atoms with Crippen molar-refractivity contribution < 1.29 is 14.4 Å². The molecule has 1 aromatic rings. The van der Waals surface area contributed by atoms with Crippen LogP contribution in [-0.2, 0) is 20.8 Å². The molecule has 1 aliphatic heterocycles. The first kappa shape index (κ1) is 16.4. The Balaban J connectivity index is 1.58. The predicted octanol–water partition coefficient (Wildman–Crippen LogP) is 2.53. The Labute approximate surface area is 141 Å². The first-order chi connectivity index (χ1) is 11.6. The van der Waals surface area contributed by atoms with Crippen LogP contribution in [0, 0.1) is 11.8 Å². The summed E-state index contributed by atoms with van der Waals surface area (Å²) in [6.07, 6.45) is 6.14. The van der Waals surface area contributed by atoms with E-state index in [1.165, 1.54) is 4.90 Å². The van der Waals surface area contributed by atoms with Gasteiger partial charge in [0, 0.05) is 18.7 Å². The van der Waals surface area contributed by atoms with Crippen molar-refractivity contribution in [2.24, 2.45) is 11.8 Å². The fourth-order valence-corrected chi connectivity index (χ4v) is 3.47. The number of carbonyl (C=O) groups is 3. The number of nitrogens with one attached hydrogen (secondary N) is 1. The number of hydrogen-bond acceptors (Lipinski definition) is 3. The molecule has 1 N–H and O–H groups in total. The molecular weight excluding hydrogens is 304 g/mol. The van der Waals surface area contributed by atoms with Gasteiger partial charge in [-0.2, -0.15) is 0 Å². The summed E-state index contributed by atoms with van der Waals surface area (Å²) in [6, 6.07) is 7.65. The van der Waals surface area contributed by atoms with E-state index in [9.17, 15) is 14.4 Å². The van der Waals surface area contributed by atoms with Gasteiger partial charge in [-0.15, -0.1) is 0 Å². The summed E-state index contributed by atoms with van der Waals surface area (Å²) in [7, 11) is 0. The van der Waals surface area contributed by atoms with Crippen LogP contribution in [0.15, 0.2) is 36.4 Å². The molecule has 2 aliphatic rings. The normalized spacial score (nSPS) is 22.6. The molecule has 5 heteroatoms. The standard InChI is InChI=1S/C19H22N2O3/c1-2-13-7-3-6-10-16(13)20-17(22)11-12-21-18(23)14-8-4-5-9-15(14)19(21)24/h3-7,10,14-15H,2,8-9,11-12H2,1H3,(H,20,22)/t14-,15-/m0/s1. The van der Waals surface area contributed by atoms with Gasteiger partial charge >= 0.3 is 0 Å². The van der Waals surface area contributed by atoms with Gasteiger partial charge in [0.15, 0.2) is 0 Å². The van der Waals surface area contributed by atoms with Gasteiger partial charge in [-0.1, -0.05) is 37.3 Å². The molecule has 0 aromatic heterocycles. The van der Waals surface area contributed by atoms with Gasteiger partial charge in [-0.3, -0.25) is 19.3 Å². The number of fused-ring (bicyclic) bond motifs is 1. The van der Waals surface area contributed by atoms with E-state index in [1.807, 2.05) is 43.3 Å². The van der Waals surface area contributed by atoms with E-state index in [0.717, 1.165) is 17.7 Å². The number of likely N-dealkylation sites (tertiary alicyclic amines) is 1. The third-order valence-corrected chi connectivity index (χ3v) is 4.83. The summed E-state index contributed by atoms with van der Waals surface area (Å²) in [6.45, 7) is 2.19. The smallest absolute Gasteiger partial charge is 0.233 e. The maximum absolute atomic E-state index is 12.4. The van der Waals surface area contributed by atoms with Gasteiger partial charge in [0.1, 0.15) is 0 Å². The number of para-hydroxylation sites is 1. The fraction of sp³-hybridized carbons (Fsp3) is 0.421. The van der Waals surface area contributed by atoms with Crippen LogP contribution in [0.4, 0.5) is 5.69 Å². The average molecular weight is 326 g/mol. The SMILES string of the molecule is CCc1ccccc1NC(=O)CCN1C(=O)[C@H]2CC=CC[C@@H]2C1=O. The van der Waals surface area contributed by atoms with E-state index in [2.05, 4.69) is 5.32 Å². The van der Waals surface area contributed by atoms with E-state index in [-0.39, 0.29) is 42.5 Å². The van der Waals surface area contributed by atoms with Gasteiger partial charge in [-0.25, -0.2) is 0 Å². The second kappa shape index (κ2) is 6.99. The molecule has 5 nitrogen and oxygen atoms in total. The minimum absolute atomic E-state index is 0.127. The highest BCUT2D eigenvalue weighted by Gasteiger charge is 2.46. The largest absolute Gasteiger partial charge is 0.326 e. The molecule has 2 atom stereocenters. The van der Waals surface area contributed by atoms with Crippen molar-refractivity contribution in [2.75, 3.05) is 11.9 Å². The maximum atomic E-state index is 12.4. The summed E-state index contributed by atoms with van der Waals surface area (Å²) >= 11 is 0. The number of benzene rings is 1. The lowest BCUT2D eigenvalue weighted by molar-refractivity contribution is -0.140. The predicted molar refractivity (Wildman–Crippen MR) is 91.1 cm³/mol. The molecule has 1 saturated heterocycles. The van der Waals surface area contributed by atoms with Gasteiger partial charge in [0.2, 0.25) is 17.7 Å². The number of amides is 3. The van der Waals surface area contributed by atoms with Crippen molar-refractivity contribution >= 4 is 23.4 Å². The third kappa shape index (κ3) is 3.11. The van der Waals surface area contributed by atoms with Crippen molar-refractivity contribution in [2.45, 2.75) is 32.6 Å². The first-order valence-electron chi connectivity index (χ1n) is 8.49. The zero-order chi connectivity index (χ0) is 17.1. The highest BCUT2D eigenvalue weighted by Crippen LogP contribution is 2.35. The van der Waals surface area contributed by atoms with Crippen LogP contribution >= 0.6 is 0 Å². The molecule has 1 fully saturated rings. The topological polar surface area (TPSA) is 66.5 Å². The van der Waals surface area contributed by atoms with E-state index in [0.29, 0.717) is 12.8 Å². The number of rotatable bonds is 5. The molecule has 24 heavy (non-hydrogen) atoms. The second-order valence-corrected chi connectivity index (χ2v) is 6.29. The third-order valence-electron chi connectivity index (χ3n) is 4.83. The molecule has 1 aliphatic carbocycles. The van der Waals surface area contributed by atoms with Gasteiger partial charge in [0.25, 0.3) is 0 Å². The van der Waals surface area contributed by atoms with Crippen molar-refractivity contribution in [3.8, 4) is 0 Å². The van der Waals surface area contributed by atoms with Crippen molar-refractivity contribution in [3.05, 3.63) is 42.0 Å². The second-order valence-electron chi connectivity index (χ2n) is 6.29. The Hall–Kier alpha value is -2.43. The molecule has 0 bridgehead atoms. The van der Waals surface area contributed by atoms with Gasteiger partial charge < -0.3 is 5.32 Å². The first-order valence-corrected chi connectivity index (χ1v) is 8.49. The molecule has 0 saturated carbocycles. The average Bonchev–Trinajstić information content (AvgIpc) is 2.85. The molecule has 3 amide bonds. The molecule has 1 heterocycles. The maximum Gasteiger partial charge on any atom is 0.233 e. The summed E-state index contributed by atoms with van der Waals surface area (Å²) in [5.74, 6) is -0.894. The van der Waals surface area contributed by atoms with Crippen LogP contribution in [0.3, 0.4) is 0 Å². The number of allylic oxidation sites excluding steroid dienone is 2. The number of nitrogens with zero attached hydrogens (tertiary/aromatic N) is 1. The quantitative estimate of drug-likeness (QED) is 0.668. The van der Waals surface area contributed by atoms with E-state index >= 15 is 0 Å². The van der Waals surface area contributed by atoms with Crippen molar-refractivity contribution in [3.63, 3.8) is 0 Å². The zero-order valence-electron chi connectivity index (χ0n) is 13.8. The van der Waals surface area contributed by atoms with Crippen LogP contribution in [0.25, 0.3) is 0 Å². The van der Waals surface area contributed by atoms with E-state index in [4.69, 9.17) is 0 Å². The van der Waals surface area contributed by atoms with E-state index < -0.39 is 0 Å².